The first-order valence-electron chi connectivity index (χ1n) is 8.91. The van der Waals surface area contributed by atoms with E-state index in [2.05, 4.69) is 34.5 Å². The Kier molecular flexibility index (Phi) is 5.85. The predicted octanol–water partition coefficient (Wildman–Crippen LogP) is 4.20. The van der Waals surface area contributed by atoms with Gasteiger partial charge in [-0.15, -0.1) is 10.2 Å². The molecule has 1 N–H and O–H groups in total. The lowest BCUT2D eigenvalue weighted by atomic mass is 10.1. The molecule has 0 atom stereocenters. The molecule has 0 aliphatic heterocycles. The zero-order valence-electron chi connectivity index (χ0n) is 15.9. The summed E-state index contributed by atoms with van der Waals surface area (Å²) in [4.78, 5) is 12.5. The lowest BCUT2D eigenvalue weighted by Crippen LogP contribution is -2.13. The Bertz CT molecular complexity index is 930. The first kappa shape index (κ1) is 19.0. The second-order valence-corrected chi connectivity index (χ2v) is 7.24. The summed E-state index contributed by atoms with van der Waals surface area (Å²) in [7, 11) is 1.61. The van der Waals surface area contributed by atoms with Crippen molar-refractivity contribution in [3.63, 3.8) is 0 Å². The predicted molar refractivity (Wildman–Crippen MR) is 106 cm³/mol. The highest BCUT2D eigenvalue weighted by molar-refractivity contribution is 7.15. The monoisotopic (exact) mass is 385 g/mol. The van der Waals surface area contributed by atoms with Crippen LogP contribution in [0.2, 0.25) is 0 Å². The maximum atomic E-state index is 12.5. The molecule has 0 spiro atoms. The zero-order chi connectivity index (χ0) is 19.4. The topological polar surface area (TPSA) is 81.9 Å². The minimum Gasteiger partial charge on any atom is -0.494 e. The van der Waals surface area contributed by atoms with Gasteiger partial charge in [0.05, 0.1) is 7.11 Å². The standard InChI is InChI=1S/C19H23N5O2S/c1-5-13(6-2)18-21-22-19(27-18)20-17(25)14-9-10-24(23-14)15-11-12(3)7-8-16(15)26-4/h7-11,13H,5-6H2,1-4H3,(H,20,22,25). The molecule has 0 aliphatic carbocycles. The van der Waals surface area contributed by atoms with Crippen molar-refractivity contribution in [3.8, 4) is 11.4 Å². The first-order chi connectivity index (χ1) is 13.0. The van der Waals surface area contributed by atoms with E-state index in [1.807, 2.05) is 25.1 Å². The fourth-order valence-corrected chi connectivity index (χ4v) is 3.81. The molecule has 2 aromatic heterocycles. The van der Waals surface area contributed by atoms with Crippen molar-refractivity contribution < 1.29 is 9.53 Å². The average Bonchev–Trinajstić information content (AvgIpc) is 3.33. The van der Waals surface area contributed by atoms with Gasteiger partial charge in [-0.1, -0.05) is 31.3 Å². The number of rotatable bonds is 7. The molecule has 27 heavy (non-hydrogen) atoms. The van der Waals surface area contributed by atoms with E-state index in [1.54, 1.807) is 24.1 Å². The lowest BCUT2D eigenvalue weighted by molar-refractivity contribution is 0.102. The summed E-state index contributed by atoms with van der Waals surface area (Å²) >= 11 is 1.42. The quantitative estimate of drug-likeness (QED) is 0.659. The normalized spacial score (nSPS) is 11.0. The molecule has 0 unspecified atom stereocenters. The number of ether oxygens (including phenoxy) is 1. The van der Waals surface area contributed by atoms with Crippen molar-refractivity contribution in [1.29, 1.82) is 0 Å². The summed E-state index contributed by atoms with van der Waals surface area (Å²) in [6.45, 7) is 6.24. The number of methoxy groups -OCH3 is 1. The van der Waals surface area contributed by atoms with Gasteiger partial charge in [-0.25, -0.2) is 4.68 Å². The Balaban J connectivity index is 1.77. The summed E-state index contributed by atoms with van der Waals surface area (Å²) in [6, 6.07) is 7.47. The Morgan fingerprint density at radius 2 is 2.04 bits per heavy atom. The van der Waals surface area contributed by atoms with Gasteiger partial charge in [-0.05, 0) is 43.5 Å². The van der Waals surface area contributed by atoms with Crippen molar-refractivity contribution in [2.24, 2.45) is 0 Å². The van der Waals surface area contributed by atoms with Crippen molar-refractivity contribution in [1.82, 2.24) is 20.0 Å². The molecular formula is C19H23N5O2S. The Hall–Kier alpha value is -2.74. The summed E-state index contributed by atoms with van der Waals surface area (Å²) in [5.74, 6) is 0.753. The molecule has 3 rings (SSSR count). The number of aromatic nitrogens is 4. The number of carbonyl (C=O) groups excluding carboxylic acids is 1. The molecule has 0 radical (unpaired) electrons. The second-order valence-electron chi connectivity index (χ2n) is 6.23. The number of nitrogens with zero attached hydrogens (tertiary/aromatic N) is 4. The molecule has 0 aliphatic rings. The maximum Gasteiger partial charge on any atom is 0.277 e. The highest BCUT2D eigenvalue weighted by Crippen LogP contribution is 2.28. The molecule has 8 heteroatoms. The largest absolute Gasteiger partial charge is 0.494 e. The SMILES string of the molecule is CCC(CC)c1nnc(NC(=O)c2ccn(-c3cc(C)ccc3OC)n2)s1. The van der Waals surface area contributed by atoms with Crippen molar-refractivity contribution in [3.05, 3.63) is 46.7 Å². The van der Waals surface area contributed by atoms with Gasteiger partial charge in [0.15, 0.2) is 5.69 Å². The van der Waals surface area contributed by atoms with E-state index in [0.29, 0.717) is 22.5 Å². The molecule has 0 saturated heterocycles. The van der Waals surface area contributed by atoms with Gasteiger partial charge in [0.1, 0.15) is 16.4 Å². The van der Waals surface area contributed by atoms with Crippen LogP contribution in [0.25, 0.3) is 5.69 Å². The van der Waals surface area contributed by atoms with E-state index >= 15 is 0 Å². The fourth-order valence-electron chi connectivity index (χ4n) is 2.81. The van der Waals surface area contributed by atoms with E-state index < -0.39 is 0 Å². The Morgan fingerprint density at radius 3 is 2.74 bits per heavy atom. The van der Waals surface area contributed by atoms with Crippen LogP contribution in [0.5, 0.6) is 5.75 Å². The first-order valence-corrected chi connectivity index (χ1v) is 9.72. The summed E-state index contributed by atoms with van der Waals surface area (Å²) in [5.41, 5.74) is 2.16. The minimum atomic E-state index is -0.312. The van der Waals surface area contributed by atoms with E-state index in [1.165, 1.54) is 11.3 Å². The van der Waals surface area contributed by atoms with Crippen LogP contribution in [0, 0.1) is 6.92 Å². The van der Waals surface area contributed by atoms with Crippen LogP contribution in [-0.4, -0.2) is 33.0 Å². The minimum absolute atomic E-state index is 0.304. The molecule has 1 amide bonds. The number of anilines is 1. The van der Waals surface area contributed by atoms with Crippen LogP contribution < -0.4 is 10.1 Å². The van der Waals surface area contributed by atoms with Crippen LogP contribution in [0.15, 0.2) is 30.5 Å². The van der Waals surface area contributed by atoms with Gasteiger partial charge in [-0.3, -0.25) is 10.1 Å². The highest BCUT2D eigenvalue weighted by Gasteiger charge is 2.17. The number of hydrogen-bond acceptors (Lipinski definition) is 6. The summed E-state index contributed by atoms with van der Waals surface area (Å²) in [5, 5.41) is 16.9. The van der Waals surface area contributed by atoms with Crippen LogP contribution >= 0.6 is 11.3 Å². The van der Waals surface area contributed by atoms with Gasteiger partial charge < -0.3 is 4.74 Å². The Labute approximate surface area is 162 Å². The van der Waals surface area contributed by atoms with Crippen LogP contribution in [0.3, 0.4) is 0 Å². The molecule has 1 aromatic carbocycles. The number of benzene rings is 1. The van der Waals surface area contributed by atoms with E-state index in [4.69, 9.17) is 4.74 Å². The van der Waals surface area contributed by atoms with Crippen LogP contribution in [0.4, 0.5) is 5.13 Å². The number of amides is 1. The van der Waals surface area contributed by atoms with Gasteiger partial charge in [0, 0.05) is 12.1 Å². The third-order valence-electron chi connectivity index (χ3n) is 4.40. The van der Waals surface area contributed by atoms with Gasteiger partial charge in [0.2, 0.25) is 5.13 Å². The molecular weight excluding hydrogens is 362 g/mol. The van der Waals surface area contributed by atoms with Gasteiger partial charge >= 0.3 is 0 Å². The number of carbonyl (C=O) groups is 1. The molecule has 0 fully saturated rings. The molecule has 0 saturated carbocycles. The number of aryl methyl sites for hydroxylation is 1. The van der Waals surface area contributed by atoms with E-state index in [-0.39, 0.29) is 5.91 Å². The van der Waals surface area contributed by atoms with Crippen molar-refractivity contribution in [2.45, 2.75) is 39.5 Å². The molecule has 3 aromatic rings. The fraction of sp³-hybridized carbons (Fsp3) is 0.368. The van der Waals surface area contributed by atoms with Crippen molar-refractivity contribution >= 4 is 22.4 Å². The number of nitrogens with one attached hydrogen (secondary N) is 1. The molecule has 7 nitrogen and oxygen atoms in total. The van der Waals surface area contributed by atoms with Gasteiger partial charge in [0.25, 0.3) is 5.91 Å². The third kappa shape index (κ3) is 4.16. The Morgan fingerprint density at radius 1 is 1.26 bits per heavy atom. The smallest absolute Gasteiger partial charge is 0.277 e. The molecule has 142 valence electrons. The number of hydrogen-bond donors (Lipinski definition) is 1. The van der Waals surface area contributed by atoms with Crippen LogP contribution in [-0.2, 0) is 0 Å². The zero-order valence-corrected chi connectivity index (χ0v) is 16.7. The van der Waals surface area contributed by atoms with E-state index in [9.17, 15) is 4.79 Å². The second kappa shape index (κ2) is 8.30. The van der Waals surface area contributed by atoms with Crippen molar-refractivity contribution in [2.75, 3.05) is 12.4 Å². The third-order valence-corrected chi connectivity index (χ3v) is 5.40. The van der Waals surface area contributed by atoms with E-state index in [0.717, 1.165) is 29.1 Å². The molecule has 0 bridgehead atoms. The highest BCUT2D eigenvalue weighted by atomic mass is 32.1. The summed E-state index contributed by atoms with van der Waals surface area (Å²) in [6.07, 6.45) is 3.74. The van der Waals surface area contributed by atoms with Crippen LogP contribution in [0.1, 0.15) is 53.7 Å². The summed E-state index contributed by atoms with van der Waals surface area (Å²) < 4.78 is 7.02. The van der Waals surface area contributed by atoms with Gasteiger partial charge in [-0.2, -0.15) is 5.10 Å². The lowest BCUT2D eigenvalue weighted by Gasteiger charge is -2.09. The average molecular weight is 385 g/mol. The maximum absolute atomic E-state index is 12.5. The molecule has 2 heterocycles.